The van der Waals surface area contributed by atoms with Gasteiger partial charge in [-0.25, -0.2) is 4.79 Å². The fourth-order valence-electron chi connectivity index (χ4n) is 1.48. The number of carboxylic acid groups (broad SMARTS) is 1. The number of carbonyl (C=O) groups is 2. The summed E-state index contributed by atoms with van der Waals surface area (Å²) in [5.74, 6) is -1.00. The monoisotopic (exact) mass is 341 g/mol. The molecule has 6 heteroatoms. The van der Waals surface area contributed by atoms with Crippen molar-refractivity contribution >= 4 is 27.8 Å². The number of allylic oxidation sites excluding steroid dienone is 1. The fraction of sp³-hybridized carbons (Fsp3) is 0.286. The van der Waals surface area contributed by atoms with E-state index in [1.807, 2.05) is 6.07 Å². The SMILES string of the molecule is C=CCCC(NC(=O)COc1cccc(Br)c1)C(=O)O. The third-order valence-electron chi connectivity index (χ3n) is 2.46. The van der Waals surface area contributed by atoms with Gasteiger partial charge in [-0.2, -0.15) is 0 Å². The van der Waals surface area contributed by atoms with Gasteiger partial charge in [0.2, 0.25) is 0 Å². The molecule has 0 bridgehead atoms. The predicted molar refractivity (Wildman–Crippen MR) is 78.6 cm³/mol. The first-order valence-corrected chi connectivity index (χ1v) is 6.83. The van der Waals surface area contributed by atoms with Crippen molar-refractivity contribution in [3.63, 3.8) is 0 Å². The van der Waals surface area contributed by atoms with E-state index in [4.69, 9.17) is 9.84 Å². The molecule has 0 aromatic heterocycles. The van der Waals surface area contributed by atoms with Crippen LogP contribution in [0.25, 0.3) is 0 Å². The van der Waals surface area contributed by atoms with Gasteiger partial charge in [-0.1, -0.05) is 28.1 Å². The molecule has 0 saturated heterocycles. The zero-order valence-corrected chi connectivity index (χ0v) is 12.4. The second kappa shape index (κ2) is 8.37. The van der Waals surface area contributed by atoms with Gasteiger partial charge in [0.05, 0.1) is 0 Å². The summed E-state index contributed by atoms with van der Waals surface area (Å²) in [4.78, 5) is 22.6. The zero-order chi connectivity index (χ0) is 15.0. The maximum absolute atomic E-state index is 11.6. The van der Waals surface area contributed by atoms with Crippen molar-refractivity contribution in [1.29, 1.82) is 0 Å². The predicted octanol–water partition coefficient (Wildman–Crippen LogP) is 2.36. The van der Waals surface area contributed by atoms with Crippen molar-refractivity contribution in [1.82, 2.24) is 5.32 Å². The summed E-state index contributed by atoms with van der Waals surface area (Å²) in [7, 11) is 0. The van der Waals surface area contributed by atoms with Gasteiger partial charge in [-0.3, -0.25) is 4.79 Å². The van der Waals surface area contributed by atoms with Crippen molar-refractivity contribution in [2.24, 2.45) is 0 Å². The van der Waals surface area contributed by atoms with E-state index in [0.717, 1.165) is 4.47 Å². The van der Waals surface area contributed by atoms with Crippen LogP contribution < -0.4 is 10.1 Å². The molecule has 1 aromatic carbocycles. The van der Waals surface area contributed by atoms with Gasteiger partial charge in [-0.05, 0) is 31.0 Å². The molecule has 1 atom stereocenters. The maximum Gasteiger partial charge on any atom is 0.326 e. The smallest absolute Gasteiger partial charge is 0.326 e. The standard InChI is InChI=1S/C14H16BrNO4/c1-2-3-7-12(14(18)19)16-13(17)9-20-11-6-4-5-10(15)8-11/h2,4-6,8,12H,1,3,7,9H2,(H,16,17)(H,18,19). The Balaban J connectivity index is 2.45. The first-order chi connectivity index (χ1) is 9.52. The number of hydrogen-bond donors (Lipinski definition) is 2. The Labute approximate surface area is 125 Å². The summed E-state index contributed by atoms with van der Waals surface area (Å²) in [6.07, 6.45) is 2.44. The Bertz CT molecular complexity index is 490. The lowest BCUT2D eigenvalue weighted by Crippen LogP contribution is -2.42. The number of nitrogens with one attached hydrogen (secondary N) is 1. The lowest BCUT2D eigenvalue weighted by atomic mass is 10.1. The van der Waals surface area contributed by atoms with Crippen LogP contribution in [0.1, 0.15) is 12.8 Å². The summed E-state index contributed by atoms with van der Waals surface area (Å²) in [5.41, 5.74) is 0. The van der Waals surface area contributed by atoms with Gasteiger partial charge in [0.15, 0.2) is 6.61 Å². The average molecular weight is 342 g/mol. The summed E-state index contributed by atoms with van der Waals surface area (Å²) >= 11 is 3.29. The molecule has 0 aliphatic heterocycles. The molecule has 0 radical (unpaired) electrons. The highest BCUT2D eigenvalue weighted by Crippen LogP contribution is 2.17. The molecule has 0 saturated carbocycles. The molecular weight excluding hydrogens is 326 g/mol. The largest absolute Gasteiger partial charge is 0.484 e. The zero-order valence-electron chi connectivity index (χ0n) is 10.8. The van der Waals surface area contributed by atoms with Crippen LogP contribution in [0.3, 0.4) is 0 Å². The number of carboxylic acids is 1. The second-order valence-corrected chi connectivity index (χ2v) is 4.99. The molecule has 0 aliphatic carbocycles. The van der Waals surface area contributed by atoms with Crippen LogP contribution in [0.15, 0.2) is 41.4 Å². The number of hydrogen-bond acceptors (Lipinski definition) is 3. The van der Waals surface area contributed by atoms with E-state index in [-0.39, 0.29) is 6.61 Å². The number of benzene rings is 1. The summed E-state index contributed by atoms with van der Waals surface area (Å²) in [5, 5.41) is 11.4. The van der Waals surface area contributed by atoms with Gasteiger partial charge in [0, 0.05) is 4.47 Å². The Morgan fingerprint density at radius 1 is 1.50 bits per heavy atom. The minimum atomic E-state index is -1.07. The highest BCUT2D eigenvalue weighted by atomic mass is 79.9. The first-order valence-electron chi connectivity index (χ1n) is 6.04. The number of aliphatic carboxylic acids is 1. The Morgan fingerprint density at radius 3 is 2.85 bits per heavy atom. The molecule has 0 fully saturated rings. The number of ether oxygens (including phenoxy) is 1. The van der Waals surface area contributed by atoms with Crippen LogP contribution >= 0.6 is 15.9 Å². The lowest BCUT2D eigenvalue weighted by Gasteiger charge is -2.14. The highest BCUT2D eigenvalue weighted by molar-refractivity contribution is 9.10. The fourth-order valence-corrected chi connectivity index (χ4v) is 1.86. The van der Waals surface area contributed by atoms with Crippen LogP contribution in [0.2, 0.25) is 0 Å². The molecule has 1 aromatic rings. The van der Waals surface area contributed by atoms with E-state index in [9.17, 15) is 9.59 Å². The van der Waals surface area contributed by atoms with Crippen LogP contribution in [0.5, 0.6) is 5.75 Å². The average Bonchev–Trinajstić information content (AvgIpc) is 2.41. The van der Waals surface area contributed by atoms with E-state index in [1.54, 1.807) is 24.3 Å². The van der Waals surface area contributed by atoms with E-state index in [0.29, 0.717) is 18.6 Å². The first kappa shape index (κ1) is 16.2. The molecular formula is C14H16BrNO4. The number of carbonyl (C=O) groups excluding carboxylic acids is 1. The molecule has 108 valence electrons. The van der Waals surface area contributed by atoms with Crippen LogP contribution in [0, 0.1) is 0 Å². The molecule has 5 nitrogen and oxygen atoms in total. The Hall–Kier alpha value is -1.82. The third kappa shape index (κ3) is 5.88. The summed E-state index contributed by atoms with van der Waals surface area (Å²) in [6, 6.07) is 6.13. The third-order valence-corrected chi connectivity index (χ3v) is 2.95. The van der Waals surface area contributed by atoms with Crippen molar-refractivity contribution < 1.29 is 19.4 Å². The molecule has 2 N–H and O–H groups in total. The van der Waals surface area contributed by atoms with Crippen molar-refractivity contribution in [2.45, 2.75) is 18.9 Å². The number of amides is 1. The van der Waals surface area contributed by atoms with Gasteiger partial charge in [0.1, 0.15) is 11.8 Å². The van der Waals surface area contributed by atoms with Crippen LogP contribution in [0.4, 0.5) is 0 Å². The molecule has 0 aliphatic rings. The number of rotatable bonds is 8. The summed E-state index contributed by atoms with van der Waals surface area (Å²) < 4.78 is 6.12. The molecule has 1 unspecified atom stereocenters. The van der Waals surface area contributed by atoms with Gasteiger partial charge < -0.3 is 15.2 Å². The normalized spacial score (nSPS) is 11.4. The van der Waals surface area contributed by atoms with Crippen LogP contribution in [-0.4, -0.2) is 29.6 Å². The van der Waals surface area contributed by atoms with Crippen molar-refractivity contribution in [3.8, 4) is 5.75 Å². The van der Waals surface area contributed by atoms with Crippen molar-refractivity contribution in [3.05, 3.63) is 41.4 Å². The topological polar surface area (TPSA) is 75.6 Å². The maximum atomic E-state index is 11.6. The number of halogens is 1. The molecule has 20 heavy (non-hydrogen) atoms. The Morgan fingerprint density at radius 2 is 2.25 bits per heavy atom. The van der Waals surface area contributed by atoms with Gasteiger partial charge in [0.25, 0.3) is 5.91 Å². The van der Waals surface area contributed by atoms with Gasteiger partial charge in [-0.15, -0.1) is 6.58 Å². The van der Waals surface area contributed by atoms with Crippen LogP contribution in [-0.2, 0) is 9.59 Å². The minimum Gasteiger partial charge on any atom is -0.484 e. The van der Waals surface area contributed by atoms with E-state index < -0.39 is 17.9 Å². The molecule has 0 spiro atoms. The highest BCUT2D eigenvalue weighted by Gasteiger charge is 2.19. The quantitative estimate of drug-likeness (QED) is 0.711. The minimum absolute atomic E-state index is 0.228. The molecule has 1 rings (SSSR count). The Kier molecular flexibility index (Phi) is 6.79. The van der Waals surface area contributed by atoms with Gasteiger partial charge >= 0.3 is 5.97 Å². The van der Waals surface area contributed by atoms with E-state index in [2.05, 4.69) is 27.8 Å². The van der Waals surface area contributed by atoms with E-state index in [1.165, 1.54) is 0 Å². The van der Waals surface area contributed by atoms with Crippen molar-refractivity contribution in [2.75, 3.05) is 6.61 Å². The molecule has 0 heterocycles. The second-order valence-electron chi connectivity index (χ2n) is 4.07. The van der Waals surface area contributed by atoms with E-state index >= 15 is 0 Å². The lowest BCUT2D eigenvalue weighted by molar-refractivity contribution is -0.142. The molecule has 1 amide bonds. The summed E-state index contributed by atoms with van der Waals surface area (Å²) in [6.45, 7) is 3.29.